The van der Waals surface area contributed by atoms with E-state index in [9.17, 15) is 25.0 Å². The van der Waals surface area contributed by atoms with E-state index in [1.165, 1.54) is 0 Å². The summed E-state index contributed by atoms with van der Waals surface area (Å²) in [5.74, 6) is -0.790. The van der Waals surface area contributed by atoms with Crippen LogP contribution in [0.25, 0.3) is 11.1 Å². The molecule has 1 N–H and O–H groups in total. The van der Waals surface area contributed by atoms with E-state index in [1.54, 1.807) is 6.92 Å². The summed E-state index contributed by atoms with van der Waals surface area (Å²) >= 11 is 0. The summed E-state index contributed by atoms with van der Waals surface area (Å²) in [4.78, 5) is 32.6. The number of hydrazone groups is 1. The maximum atomic E-state index is 12.3. The van der Waals surface area contributed by atoms with E-state index in [0.29, 0.717) is 5.71 Å². The van der Waals surface area contributed by atoms with E-state index < -0.39 is 27.1 Å². The minimum absolute atomic E-state index is 0.230. The molecule has 0 aliphatic carbocycles. The highest BCUT2D eigenvalue weighted by Crippen LogP contribution is 2.23. The van der Waals surface area contributed by atoms with Crippen LogP contribution in [0.2, 0.25) is 0 Å². The van der Waals surface area contributed by atoms with E-state index in [4.69, 9.17) is 0 Å². The van der Waals surface area contributed by atoms with Gasteiger partial charge in [-0.3, -0.25) is 25.0 Å². The molecule has 0 fully saturated rings. The van der Waals surface area contributed by atoms with E-state index >= 15 is 0 Å². The lowest BCUT2D eigenvalue weighted by Crippen LogP contribution is -2.19. The molecule has 3 aromatic rings. The van der Waals surface area contributed by atoms with Crippen molar-refractivity contribution < 1.29 is 14.6 Å². The van der Waals surface area contributed by atoms with Gasteiger partial charge in [0.1, 0.15) is 0 Å². The first-order valence-electron chi connectivity index (χ1n) is 8.79. The highest BCUT2D eigenvalue weighted by molar-refractivity contribution is 6.01. The van der Waals surface area contributed by atoms with Gasteiger partial charge in [0.15, 0.2) is 0 Å². The fourth-order valence-corrected chi connectivity index (χ4v) is 2.74. The average molecular weight is 404 g/mol. The second-order valence-electron chi connectivity index (χ2n) is 6.33. The summed E-state index contributed by atoms with van der Waals surface area (Å²) in [5, 5.41) is 25.9. The van der Waals surface area contributed by atoms with Gasteiger partial charge in [-0.2, -0.15) is 5.10 Å². The Hall–Kier alpha value is -4.40. The molecular weight excluding hydrogens is 388 g/mol. The molecule has 9 heteroatoms. The first-order chi connectivity index (χ1) is 14.3. The first kappa shape index (κ1) is 20.3. The molecule has 0 heterocycles. The number of carbonyl (C=O) groups is 1. The molecule has 0 saturated heterocycles. The van der Waals surface area contributed by atoms with Crippen LogP contribution in [0, 0.1) is 20.2 Å². The van der Waals surface area contributed by atoms with Crippen LogP contribution in [0.5, 0.6) is 0 Å². The smallest absolute Gasteiger partial charge is 0.267 e. The van der Waals surface area contributed by atoms with Crippen molar-refractivity contribution in [2.45, 2.75) is 6.92 Å². The molecule has 9 nitrogen and oxygen atoms in total. The minimum atomic E-state index is -0.799. The predicted molar refractivity (Wildman–Crippen MR) is 111 cm³/mol. The molecule has 0 unspecified atom stereocenters. The van der Waals surface area contributed by atoms with E-state index in [0.717, 1.165) is 34.9 Å². The SMILES string of the molecule is C/C(=N\NC(=O)c1cc([N+](=O)[O-])cc([N+](=O)[O-])c1)c1ccc(-c2ccccc2)cc1. The summed E-state index contributed by atoms with van der Waals surface area (Å²) in [6.45, 7) is 1.69. The van der Waals surface area contributed by atoms with Crippen LogP contribution < -0.4 is 5.43 Å². The lowest BCUT2D eigenvalue weighted by atomic mass is 10.0. The molecule has 150 valence electrons. The maximum absolute atomic E-state index is 12.3. The van der Waals surface area contributed by atoms with Crippen molar-refractivity contribution >= 4 is 23.0 Å². The largest absolute Gasteiger partial charge is 0.277 e. The molecule has 0 spiro atoms. The Morgan fingerprint density at radius 3 is 1.87 bits per heavy atom. The topological polar surface area (TPSA) is 128 Å². The molecule has 3 rings (SSSR count). The Kier molecular flexibility index (Phi) is 5.92. The van der Waals surface area contributed by atoms with E-state index in [1.807, 2.05) is 54.6 Å². The Morgan fingerprint density at radius 2 is 1.33 bits per heavy atom. The number of carbonyl (C=O) groups excluding carboxylic acids is 1. The standard InChI is InChI=1S/C21H16N4O5/c1-14(15-7-9-17(10-8-15)16-5-3-2-4-6-16)22-23-21(26)18-11-19(24(27)28)13-20(12-18)25(29)30/h2-13H,1H3,(H,23,26)/b22-14+. The molecule has 30 heavy (non-hydrogen) atoms. The molecule has 1 amide bonds. The van der Waals surface area contributed by atoms with Gasteiger partial charge in [0.25, 0.3) is 17.3 Å². The summed E-state index contributed by atoms with van der Waals surface area (Å²) in [7, 11) is 0. The molecule has 0 aromatic heterocycles. The van der Waals surface area contributed by atoms with Gasteiger partial charge < -0.3 is 0 Å². The molecule has 0 radical (unpaired) electrons. The number of nitrogens with zero attached hydrogens (tertiary/aromatic N) is 3. The highest BCUT2D eigenvalue weighted by atomic mass is 16.6. The number of nitro benzene ring substituents is 2. The normalized spacial score (nSPS) is 11.0. The predicted octanol–water partition coefficient (Wildman–Crippen LogP) is 4.32. The van der Waals surface area contributed by atoms with Crippen molar-refractivity contribution in [1.29, 1.82) is 0 Å². The first-order valence-corrected chi connectivity index (χ1v) is 8.79. The van der Waals surface area contributed by atoms with Gasteiger partial charge in [-0.15, -0.1) is 0 Å². The van der Waals surface area contributed by atoms with Gasteiger partial charge >= 0.3 is 0 Å². The number of nitro groups is 2. The maximum Gasteiger partial charge on any atom is 0.277 e. The Morgan fingerprint density at radius 1 is 0.800 bits per heavy atom. The highest BCUT2D eigenvalue weighted by Gasteiger charge is 2.19. The quantitative estimate of drug-likeness (QED) is 0.372. The summed E-state index contributed by atoms with van der Waals surface area (Å²) in [6.07, 6.45) is 0. The molecule has 0 aliphatic heterocycles. The van der Waals surface area contributed by atoms with Crippen LogP contribution in [-0.4, -0.2) is 21.5 Å². The van der Waals surface area contributed by atoms with Crippen LogP contribution in [0.15, 0.2) is 77.9 Å². The van der Waals surface area contributed by atoms with Crippen LogP contribution in [-0.2, 0) is 0 Å². The van der Waals surface area contributed by atoms with Crippen LogP contribution in [0.4, 0.5) is 11.4 Å². The zero-order chi connectivity index (χ0) is 21.7. The molecule has 0 aliphatic rings. The van der Waals surface area contributed by atoms with Crippen molar-refractivity contribution in [3.63, 3.8) is 0 Å². The Bertz CT molecular complexity index is 1110. The van der Waals surface area contributed by atoms with Gasteiger partial charge in [-0.05, 0) is 23.6 Å². The van der Waals surface area contributed by atoms with Gasteiger partial charge in [0, 0.05) is 12.1 Å². The second kappa shape index (κ2) is 8.74. The number of benzene rings is 3. The van der Waals surface area contributed by atoms with Gasteiger partial charge in [-0.1, -0.05) is 54.6 Å². The van der Waals surface area contributed by atoms with Crippen LogP contribution in [0.3, 0.4) is 0 Å². The number of hydrogen-bond acceptors (Lipinski definition) is 6. The molecule has 3 aromatic carbocycles. The molecular formula is C21H16N4O5. The lowest BCUT2D eigenvalue weighted by molar-refractivity contribution is -0.394. The van der Waals surface area contributed by atoms with Gasteiger partial charge in [0.05, 0.1) is 27.2 Å². The van der Waals surface area contributed by atoms with Crippen LogP contribution >= 0.6 is 0 Å². The van der Waals surface area contributed by atoms with Crippen molar-refractivity contribution in [2.75, 3.05) is 0 Å². The molecule has 0 atom stereocenters. The summed E-state index contributed by atoms with van der Waals surface area (Å²) in [6, 6.07) is 20.1. The van der Waals surface area contributed by atoms with Gasteiger partial charge in [-0.25, -0.2) is 5.43 Å². The minimum Gasteiger partial charge on any atom is -0.267 e. The number of hydrogen-bond donors (Lipinski definition) is 1. The van der Waals surface area contributed by atoms with Crippen molar-refractivity contribution in [2.24, 2.45) is 5.10 Å². The van der Waals surface area contributed by atoms with Crippen LogP contribution in [0.1, 0.15) is 22.8 Å². The van der Waals surface area contributed by atoms with Crippen molar-refractivity contribution in [3.8, 4) is 11.1 Å². The number of non-ortho nitro benzene ring substituents is 2. The third-order valence-corrected chi connectivity index (χ3v) is 4.32. The monoisotopic (exact) mass is 404 g/mol. The fourth-order valence-electron chi connectivity index (χ4n) is 2.74. The third-order valence-electron chi connectivity index (χ3n) is 4.32. The summed E-state index contributed by atoms with van der Waals surface area (Å²) < 4.78 is 0. The summed E-state index contributed by atoms with van der Waals surface area (Å²) in [5.41, 5.74) is 4.31. The number of nitrogens with one attached hydrogen (secondary N) is 1. The Balaban J connectivity index is 1.77. The number of amides is 1. The molecule has 0 saturated carbocycles. The van der Waals surface area contributed by atoms with Crippen molar-refractivity contribution in [3.05, 3.63) is 104 Å². The third kappa shape index (κ3) is 4.71. The fraction of sp³-hybridized carbons (Fsp3) is 0.0476. The lowest BCUT2D eigenvalue weighted by Gasteiger charge is -2.05. The zero-order valence-corrected chi connectivity index (χ0v) is 15.8. The molecule has 0 bridgehead atoms. The number of rotatable bonds is 6. The second-order valence-corrected chi connectivity index (χ2v) is 6.33. The Labute approximate surface area is 171 Å². The average Bonchev–Trinajstić information content (AvgIpc) is 2.77. The van der Waals surface area contributed by atoms with E-state index in [2.05, 4.69) is 10.5 Å². The van der Waals surface area contributed by atoms with E-state index in [-0.39, 0.29) is 5.56 Å². The zero-order valence-electron chi connectivity index (χ0n) is 15.8. The van der Waals surface area contributed by atoms with Crippen molar-refractivity contribution in [1.82, 2.24) is 5.43 Å². The van der Waals surface area contributed by atoms with Gasteiger partial charge in [0.2, 0.25) is 0 Å².